The van der Waals surface area contributed by atoms with E-state index in [9.17, 15) is 32.7 Å². The molecule has 12 heteroatoms. The Bertz CT molecular complexity index is 1130. The first-order chi connectivity index (χ1) is 12.2. The Morgan fingerprint density at radius 2 is 1.96 bits per heavy atom. The first-order valence-electron chi connectivity index (χ1n) is 6.94. The van der Waals surface area contributed by atoms with Crippen LogP contribution < -0.4 is 11.2 Å². The second kappa shape index (κ2) is 6.85. The van der Waals surface area contributed by atoms with Gasteiger partial charge in [-0.2, -0.15) is 0 Å². The lowest BCUT2D eigenvalue weighted by atomic mass is 9.92. The molecule has 3 aromatic rings. The lowest BCUT2D eigenvalue weighted by molar-refractivity contribution is -0.145. The van der Waals surface area contributed by atoms with Gasteiger partial charge in [-0.05, 0) is 6.07 Å². The fraction of sp³-hybridized carbons (Fsp3) is 0.0667. The van der Waals surface area contributed by atoms with Crippen LogP contribution in [-0.4, -0.2) is 32.0 Å². The highest BCUT2D eigenvalue weighted by molar-refractivity contribution is 5.99. The van der Waals surface area contributed by atoms with Crippen LogP contribution in [0.2, 0.25) is 0 Å². The van der Waals surface area contributed by atoms with E-state index in [-0.39, 0.29) is 24.4 Å². The molecule has 2 heterocycles. The number of aldehydes is 1. The van der Waals surface area contributed by atoms with Crippen LogP contribution in [-0.2, 0) is 15.1 Å². The minimum atomic E-state index is -2.72. The van der Waals surface area contributed by atoms with Crippen molar-refractivity contribution in [1.82, 2.24) is 14.6 Å². The van der Waals surface area contributed by atoms with Crippen LogP contribution in [0.3, 0.4) is 0 Å². The van der Waals surface area contributed by atoms with E-state index < -0.39 is 51.2 Å². The summed E-state index contributed by atoms with van der Waals surface area (Å²) in [7, 11) is 0. The van der Waals surface area contributed by atoms with Crippen molar-refractivity contribution < 1.29 is 27.9 Å². The number of nitrogens with two attached hydrogens (primary N) is 1. The number of carboxylic acid groups (broad SMARTS) is 1. The molecule has 0 amide bonds. The zero-order valence-corrected chi connectivity index (χ0v) is 13.9. The van der Waals surface area contributed by atoms with Gasteiger partial charge in [-0.25, -0.2) is 27.5 Å². The monoisotopic (exact) mass is 402 g/mol. The summed E-state index contributed by atoms with van der Waals surface area (Å²) in [4.78, 5) is 38.8. The molecule has 0 bridgehead atoms. The number of H-pyrrole nitrogens is 1. The number of carbonyl (C=O) groups excluding carboxylic acids is 1. The van der Waals surface area contributed by atoms with Gasteiger partial charge in [-0.1, -0.05) is 0 Å². The van der Waals surface area contributed by atoms with Crippen molar-refractivity contribution in [3.05, 3.63) is 57.8 Å². The zero-order valence-electron chi connectivity index (χ0n) is 13.1. The van der Waals surface area contributed by atoms with E-state index in [4.69, 9.17) is 5.73 Å². The Kier molecular flexibility index (Phi) is 5.11. The molecule has 1 unspecified atom stereocenters. The lowest BCUT2D eigenvalue weighted by Crippen LogP contribution is -2.50. The van der Waals surface area contributed by atoms with Gasteiger partial charge in [0.25, 0.3) is 0 Å². The summed E-state index contributed by atoms with van der Waals surface area (Å²) in [5.74, 6) is -5.84. The summed E-state index contributed by atoms with van der Waals surface area (Å²) >= 11 is 0. The summed E-state index contributed by atoms with van der Waals surface area (Å²) in [6.45, 7) is 0. The highest BCUT2D eigenvalue weighted by Crippen LogP contribution is 2.27. The van der Waals surface area contributed by atoms with Gasteiger partial charge in [0, 0.05) is 17.7 Å². The Balaban J connectivity index is 0.00000261. The second-order valence-corrected chi connectivity index (χ2v) is 5.36. The van der Waals surface area contributed by atoms with E-state index in [2.05, 4.69) is 10.1 Å². The normalized spacial score (nSPS) is 13.0. The molecule has 1 atom stereocenters. The van der Waals surface area contributed by atoms with Crippen molar-refractivity contribution in [2.75, 3.05) is 0 Å². The number of fused-ring (bicyclic) bond motifs is 1. The molecule has 0 saturated carbocycles. The number of aliphatic carboxylic acids is 1. The molecule has 0 aliphatic heterocycles. The van der Waals surface area contributed by atoms with Gasteiger partial charge in [-0.15, -0.1) is 12.4 Å². The minimum Gasteiger partial charge on any atom is -0.479 e. The third kappa shape index (κ3) is 2.96. The van der Waals surface area contributed by atoms with Gasteiger partial charge in [0.05, 0.1) is 11.3 Å². The number of nitrogens with zero attached hydrogens (tertiary/aromatic N) is 2. The van der Waals surface area contributed by atoms with Crippen LogP contribution in [0.5, 0.6) is 0 Å². The number of nitrogens with one attached hydrogen (secondary N) is 1. The predicted octanol–water partition coefficient (Wildman–Crippen LogP) is 0.966. The molecule has 0 spiro atoms. The summed E-state index contributed by atoms with van der Waals surface area (Å²) in [5, 5.41) is 11.7. The van der Waals surface area contributed by atoms with Crippen LogP contribution >= 0.6 is 12.4 Å². The Morgan fingerprint density at radius 3 is 2.56 bits per heavy atom. The lowest BCUT2D eigenvalue weighted by Gasteiger charge is -2.18. The third-order valence-electron chi connectivity index (χ3n) is 3.79. The number of hydrogen-bond donors (Lipinski definition) is 3. The van der Waals surface area contributed by atoms with Crippen molar-refractivity contribution >= 4 is 30.3 Å². The van der Waals surface area contributed by atoms with Crippen LogP contribution in [0.25, 0.3) is 16.9 Å². The van der Waals surface area contributed by atoms with Crippen LogP contribution in [0.15, 0.2) is 29.3 Å². The standard InChI is InChI=1S/C15H9F3N4O4.ClH/c16-6-1-7(12(18)8(17)2-6)9-3-10(24)11(13-20-5-21-22(9)13)15(19,4-23)14(25)26;/h1-5H,19H2,(H,20,21)(H,25,26);1H. The molecule has 0 aliphatic carbocycles. The molecule has 0 radical (unpaired) electrons. The maximum Gasteiger partial charge on any atom is 0.336 e. The number of carboxylic acids is 1. The van der Waals surface area contributed by atoms with Crippen molar-refractivity contribution in [1.29, 1.82) is 0 Å². The number of carbonyl (C=O) groups is 2. The summed E-state index contributed by atoms with van der Waals surface area (Å²) < 4.78 is 42.0. The maximum atomic E-state index is 14.1. The Hall–Kier alpha value is -3.18. The number of benzene rings is 1. The minimum absolute atomic E-state index is 0. The van der Waals surface area contributed by atoms with E-state index >= 15 is 0 Å². The van der Waals surface area contributed by atoms with E-state index in [0.29, 0.717) is 18.2 Å². The SMILES string of the molecule is Cl.NC(C=O)(C(=O)O)c1c(=O)cc(-c2cc(F)cc(F)c2F)n2[nH]cnc12. The van der Waals surface area contributed by atoms with Crippen LogP contribution in [0.4, 0.5) is 13.2 Å². The molecule has 8 nitrogen and oxygen atoms in total. The van der Waals surface area contributed by atoms with Crippen LogP contribution in [0, 0.1) is 17.5 Å². The number of aromatic amines is 1. The van der Waals surface area contributed by atoms with Crippen molar-refractivity contribution in [3.8, 4) is 11.3 Å². The van der Waals surface area contributed by atoms with E-state index in [0.717, 1.165) is 10.8 Å². The predicted molar refractivity (Wildman–Crippen MR) is 87.9 cm³/mol. The average molecular weight is 403 g/mol. The molecule has 0 fully saturated rings. The zero-order chi connectivity index (χ0) is 19.2. The number of aromatic nitrogens is 3. The average Bonchev–Trinajstić information content (AvgIpc) is 3.05. The third-order valence-corrected chi connectivity index (χ3v) is 3.79. The molecular formula is C15H10ClF3N4O4. The molecule has 0 saturated heterocycles. The number of hydrogen-bond acceptors (Lipinski definition) is 5. The summed E-state index contributed by atoms with van der Waals surface area (Å²) in [5.41, 5.74) is -0.335. The fourth-order valence-corrected chi connectivity index (χ4v) is 2.54. The number of halogens is 4. The topological polar surface area (TPSA) is 131 Å². The highest BCUT2D eigenvalue weighted by Gasteiger charge is 2.41. The first kappa shape index (κ1) is 20.1. The first-order valence-corrected chi connectivity index (χ1v) is 6.94. The van der Waals surface area contributed by atoms with E-state index in [1.54, 1.807) is 0 Å². The quantitative estimate of drug-likeness (QED) is 0.338. The summed E-state index contributed by atoms with van der Waals surface area (Å²) in [6.07, 6.45) is 0.852. The Labute approximate surface area is 153 Å². The van der Waals surface area contributed by atoms with Gasteiger partial charge in [0.15, 0.2) is 29.0 Å². The second-order valence-electron chi connectivity index (χ2n) is 5.36. The number of rotatable bonds is 4. The van der Waals surface area contributed by atoms with Gasteiger partial charge in [0.1, 0.15) is 12.1 Å². The van der Waals surface area contributed by atoms with E-state index in [1.807, 2.05) is 0 Å². The maximum absolute atomic E-state index is 14.1. The highest BCUT2D eigenvalue weighted by atomic mass is 35.5. The molecular weight excluding hydrogens is 393 g/mol. The van der Waals surface area contributed by atoms with Crippen LogP contribution in [0.1, 0.15) is 5.56 Å². The smallest absolute Gasteiger partial charge is 0.336 e. The van der Waals surface area contributed by atoms with Gasteiger partial charge < -0.3 is 15.6 Å². The van der Waals surface area contributed by atoms with Crippen molar-refractivity contribution in [2.45, 2.75) is 5.54 Å². The van der Waals surface area contributed by atoms with Crippen molar-refractivity contribution in [3.63, 3.8) is 0 Å². The van der Waals surface area contributed by atoms with Gasteiger partial charge >= 0.3 is 5.97 Å². The van der Waals surface area contributed by atoms with Gasteiger partial charge in [-0.3, -0.25) is 9.89 Å². The van der Waals surface area contributed by atoms with Gasteiger partial charge in [0.2, 0.25) is 5.54 Å². The molecule has 142 valence electrons. The molecule has 3 rings (SSSR count). The molecule has 2 aromatic heterocycles. The summed E-state index contributed by atoms with van der Waals surface area (Å²) in [6, 6.07) is 1.67. The van der Waals surface area contributed by atoms with E-state index in [1.165, 1.54) is 0 Å². The number of pyridine rings is 1. The molecule has 4 N–H and O–H groups in total. The fourth-order valence-electron chi connectivity index (χ4n) is 2.54. The molecule has 1 aromatic carbocycles. The Morgan fingerprint density at radius 1 is 1.30 bits per heavy atom. The largest absolute Gasteiger partial charge is 0.479 e. The molecule has 0 aliphatic rings. The molecule has 27 heavy (non-hydrogen) atoms. The van der Waals surface area contributed by atoms with Crippen molar-refractivity contribution in [2.24, 2.45) is 5.73 Å².